The van der Waals surface area contributed by atoms with Crippen LogP contribution in [0.25, 0.3) is 0 Å². The fraction of sp³-hybridized carbons (Fsp3) is 0.250. The van der Waals surface area contributed by atoms with Crippen molar-refractivity contribution >= 4 is 62.7 Å². The number of halogens is 2. The smallest absolute Gasteiger partial charge is 0.306 e. The van der Waals surface area contributed by atoms with Crippen LogP contribution in [0.3, 0.4) is 0 Å². The maximum absolute atomic E-state index is 12.2. The minimum absolute atomic E-state index is 0.0991. The first-order valence-corrected chi connectivity index (χ1v) is 10.4. The van der Waals surface area contributed by atoms with E-state index in [-0.39, 0.29) is 5.78 Å². The molecule has 1 aromatic heterocycles. The molecule has 1 aliphatic rings. The lowest BCUT2D eigenvalue weighted by Gasteiger charge is -2.12. The van der Waals surface area contributed by atoms with Crippen molar-refractivity contribution in [1.29, 1.82) is 0 Å². The van der Waals surface area contributed by atoms with Crippen LogP contribution in [0.4, 0.5) is 10.5 Å². The molecule has 1 N–H and O–H groups in total. The number of nitrogens with one attached hydrogen (secondary N) is 1. The number of ketones is 1. The van der Waals surface area contributed by atoms with Crippen LogP contribution in [0.15, 0.2) is 32.8 Å². The molecular weight excluding hydrogens is 387 g/mol. The van der Waals surface area contributed by atoms with E-state index in [0.29, 0.717) is 27.0 Å². The Labute approximate surface area is 156 Å². The van der Waals surface area contributed by atoms with Crippen LogP contribution in [-0.4, -0.2) is 18.1 Å². The van der Waals surface area contributed by atoms with Gasteiger partial charge in [0, 0.05) is 22.7 Å². The number of urea groups is 1. The van der Waals surface area contributed by atoms with Gasteiger partial charge in [0.2, 0.25) is 0 Å². The molecule has 2 aromatic rings. The molecule has 3 rings (SSSR count). The summed E-state index contributed by atoms with van der Waals surface area (Å²) in [6, 6.07) is 6.34. The maximum Gasteiger partial charge on any atom is 0.351 e. The molecule has 0 fully saturated rings. The highest BCUT2D eigenvalue weighted by atomic mass is 35.5. The SMILES string of the molecule is CS(=NC(=O)Nc1ccc(Cl)cc1)c1sc(Cl)c2c1C(=O)CCC2. The number of carbonyl (C=O) groups excluding carboxylic acids is 2. The van der Waals surface area contributed by atoms with Gasteiger partial charge in [-0.25, -0.2) is 4.79 Å². The summed E-state index contributed by atoms with van der Waals surface area (Å²) in [7, 11) is -0.731. The van der Waals surface area contributed by atoms with E-state index in [1.54, 1.807) is 24.3 Å². The van der Waals surface area contributed by atoms with Gasteiger partial charge in [0.15, 0.2) is 5.78 Å². The lowest BCUT2D eigenvalue weighted by Crippen LogP contribution is -2.12. The molecule has 1 atom stereocenters. The summed E-state index contributed by atoms with van der Waals surface area (Å²) in [6.07, 6.45) is 3.99. The zero-order chi connectivity index (χ0) is 17.3. The van der Waals surface area contributed by atoms with Crippen LogP contribution in [0.5, 0.6) is 0 Å². The highest BCUT2D eigenvalue weighted by Crippen LogP contribution is 2.39. The third-order valence-corrected chi connectivity index (χ3v) is 7.30. The summed E-state index contributed by atoms with van der Waals surface area (Å²) < 4.78 is 5.60. The van der Waals surface area contributed by atoms with Gasteiger partial charge in [0.05, 0.1) is 8.55 Å². The fourth-order valence-electron chi connectivity index (χ4n) is 2.52. The average Bonchev–Trinajstić information content (AvgIpc) is 2.88. The van der Waals surface area contributed by atoms with Gasteiger partial charge in [-0.2, -0.15) is 4.36 Å². The molecule has 0 radical (unpaired) electrons. The summed E-state index contributed by atoms with van der Waals surface area (Å²) >= 11 is 13.4. The number of Topliss-reactive ketones (excluding diaryl/α,β-unsaturated/α-hetero) is 1. The number of hydrogen-bond donors (Lipinski definition) is 1. The molecule has 126 valence electrons. The quantitative estimate of drug-likeness (QED) is 0.713. The molecular formula is C16H14Cl2N2O2S2. The Kier molecular flexibility index (Phi) is 5.39. The Hall–Kier alpha value is -1.21. The standard InChI is InChI=1S/C16H14Cl2N2O2S2/c1-24(20-16(22)19-10-7-5-9(17)6-8-10)15-13-11(14(18)23-15)3-2-4-12(13)21/h5-8H,2-4H2,1H3,(H,19,22). The molecule has 0 aliphatic heterocycles. The van der Waals surface area contributed by atoms with E-state index in [2.05, 4.69) is 9.68 Å². The van der Waals surface area contributed by atoms with Crippen LogP contribution in [-0.2, 0) is 17.1 Å². The number of hydrogen-bond acceptors (Lipinski definition) is 3. The van der Waals surface area contributed by atoms with E-state index in [1.165, 1.54) is 11.3 Å². The lowest BCUT2D eigenvalue weighted by atomic mass is 9.95. The van der Waals surface area contributed by atoms with Crippen LogP contribution in [0.2, 0.25) is 9.36 Å². The molecule has 1 heterocycles. The predicted octanol–water partition coefficient (Wildman–Crippen LogP) is 5.60. The largest absolute Gasteiger partial charge is 0.351 e. The Balaban J connectivity index is 1.84. The summed E-state index contributed by atoms with van der Waals surface area (Å²) in [5.41, 5.74) is 2.22. The van der Waals surface area contributed by atoms with Gasteiger partial charge in [-0.15, -0.1) is 11.3 Å². The number of carbonyl (C=O) groups is 2. The van der Waals surface area contributed by atoms with Crippen molar-refractivity contribution in [3.8, 4) is 0 Å². The first-order chi connectivity index (χ1) is 11.5. The highest BCUT2D eigenvalue weighted by Gasteiger charge is 2.27. The molecule has 0 saturated carbocycles. The number of fused-ring (bicyclic) bond motifs is 1. The number of thiophene rings is 1. The second-order valence-corrected chi connectivity index (χ2v) is 9.16. The molecule has 0 spiro atoms. The average molecular weight is 401 g/mol. The number of nitrogens with zero attached hydrogens (tertiary/aromatic N) is 1. The number of rotatable bonds is 2. The minimum Gasteiger partial charge on any atom is -0.306 e. The lowest BCUT2D eigenvalue weighted by molar-refractivity contribution is 0.0970. The van der Waals surface area contributed by atoms with Crippen LogP contribution in [0, 0.1) is 0 Å². The zero-order valence-corrected chi connectivity index (χ0v) is 15.9. The first-order valence-electron chi connectivity index (χ1n) is 7.24. The topological polar surface area (TPSA) is 58.5 Å². The van der Waals surface area contributed by atoms with Crippen molar-refractivity contribution in [1.82, 2.24) is 0 Å². The summed E-state index contributed by atoms with van der Waals surface area (Å²) in [4.78, 5) is 24.4. The van der Waals surface area contributed by atoms with Crippen LogP contribution < -0.4 is 5.32 Å². The van der Waals surface area contributed by atoms with Crippen molar-refractivity contribution < 1.29 is 9.59 Å². The number of anilines is 1. The molecule has 0 bridgehead atoms. The van der Waals surface area contributed by atoms with Crippen LogP contribution >= 0.6 is 34.5 Å². The monoisotopic (exact) mass is 400 g/mol. The third kappa shape index (κ3) is 3.72. The van der Waals surface area contributed by atoms with Crippen molar-refractivity contribution in [2.45, 2.75) is 23.5 Å². The van der Waals surface area contributed by atoms with Gasteiger partial charge < -0.3 is 5.32 Å². The Morgan fingerprint density at radius 2 is 1.96 bits per heavy atom. The molecule has 1 unspecified atom stereocenters. The second kappa shape index (κ2) is 7.35. The normalized spacial score (nSPS) is 15.2. The van der Waals surface area contributed by atoms with Crippen molar-refractivity contribution in [2.75, 3.05) is 11.6 Å². The molecule has 1 aromatic carbocycles. The molecule has 24 heavy (non-hydrogen) atoms. The highest BCUT2D eigenvalue weighted by molar-refractivity contribution is 7.89. The molecule has 1 aliphatic carbocycles. The van der Waals surface area contributed by atoms with Gasteiger partial charge in [-0.1, -0.05) is 33.9 Å². The van der Waals surface area contributed by atoms with E-state index in [1.807, 2.05) is 6.26 Å². The predicted molar refractivity (Wildman–Crippen MR) is 101 cm³/mol. The van der Waals surface area contributed by atoms with Gasteiger partial charge >= 0.3 is 6.03 Å². The van der Waals surface area contributed by atoms with Gasteiger partial charge in [-0.3, -0.25) is 4.79 Å². The third-order valence-electron chi connectivity index (χ3n) is 3.62. The number of benzene rings is 1. The van der Waals surface area contributed by atoms with E-state index in [9.17, 15) is 9.59 Å². The van der Waals surface area contributed by atoms with Gasteiger partial charge in [-0.05, 0) is 48.9 Å². The van der Waals surface area contributed by atoms with E-state index in [0.717, 1.165) is 22.6 Å². The van der Waals surface area contributed by atoms with Crippen molar-refractivity contribution in [3.63, 3.8) is 0 Å². The van der Waals surface area contributed by atoms with Crippen molar-refractivity contribution in [2.24, 2.45) is 4.36 Å². The number of amides is 2. The van der Waals surface area contributed by atoms with Gasteiger partial charge in [0.25, 0.3) is 0 Å². The fourth-order valence-corrected chi connectivity index (χ4v) is 5.79. The van der Waals surface area contributed by atoms with E-state index >= 15 is 0 Å². The van der Waals surface area contributed by atoms with Crippen molar-refractivity contribution in [3.05, 3.63) is 44.8 Å². The molecule has 2 amide bonds. The molecule has 4 nitrogen and oxygen atoms in total. The van der Waals surface area contributed by atoms with Crippen LogP contribution in [0.1, 0.15) is 28.8 Å². The Morgan fingerprint density at radius 3 is 2.67 bits per heavy atom. The maximum atomic E-state index is 12.2. The summed E-state index contributed by atoms with van der Waals surface area (Å²) in [5, 5.41) is 3.29. The summed E-state index contributed by atoms with van der Waals surface area (Å²) in [6.45, 7) is 0. The molecule has 0 saturated heterocycles. The van der Waals surface area contributed by atoms with Gasteiger partial charge in [0.1, 0.15) is 0 Å². The first kappa shape index (κ1) is 17.6. The van der Waals surface area contributed by atoms with E-state index < -0.39 is 16.7 Å². The summed E-state index contributed by atoms with van der Waals surface area (Å²) in [5.74, 6) is 0.0991. The second-order valence-electron chi connectivity index (χ2n) is 5.30. The Morgan fingerprint density at radius 1 is 1.25 bits per heavy atom. The van der Waals surface area contributed by atoms with E-state index in [4.69, 9.17) is 23.2 Å². The Bertz CT molecular complexity index is 845. The minimum atomic E-state index is -0.731. The molecule has 8 heteroatoms. The zero-order valence-electron chi connectivity index (χ0n) is 12.8.